The molecule has 0 saturated heterocycles. The molecular weight excluding hydrogens is 284 g/mol. The molecule has 1 heterocycles. The third-order valence-electron chi connectivity index (χ3n) is 2.04. The molecule has 1 N–H and O–H groups in total. The molecule has 0 radical (unpaired) electrons. The summed E-state index contributed by atoms with van der Waals surface area (Å²) in [6.07, 6.45) is 1.83. The Hall–Kier alpha value is -0.840. The molecule has 0 aromatic carbocycles. The number of aromatic nitrogens is 2. The second-order valence-electron chi connectivity index (χ2n) is 4.90. The summed E-state index contributed by atoms with van der Waals surface area (Å²) < 4.78 is 5.32. The predicted octanol–water partition coefficient (Wildman–Crippen LogP) is 3.21. The number of H-pyrrole nitrogens is 1. The van der Waals surface area contributed by atoms with Crippen LogP contribution in [0.1, 0.15) is 56.1 Å². The van der Waals surface area contributed by atoms with E-state index in [-0.39, 0.29) is 5.97 Å². The number of halogens is 1. The Balaban J connectivity index is 2.91. The van der Waals surface area contributed by atoms with Crippen LogP contribution in [0, 0.1) is 0 Å². The average Bonchev–Trinajstić information content (AvgIpc) is 2.59. The van der Waals surface area contributed by atoms with Gasteiger partial charge in [-0.15, -0.1) is 0 Å². The van der Waals surface area contributed by atoms with Gasteiger partial charge in [0, 0.05) is 11.8 Å². The van der Waals surface area contributed by atoms with Gasteiger partial charge in [-0.1, -0.05) is 22.9 Å². The van der Waals surface area contributed by atoms with Crippen molar-refractivity contribution in [2.75, 3.05) is 0 Å². The zero-order valence-corrected chi connectivity index (χ0v) is 12.3. The second kappa shape index (κ2) is 5.67. The van der Waals surface area contributed by atoms with Crippen LogP contribution in [-0.4, -0.2) is 21.5 Å². The number of aromatic amines is 1. The molecule has 0 aliphatic carbocycles. The van der Waals surface area contributed by atoms with Crippen molar-refractivity contribution in [3.8, 4) is 0 Å². The van der Waals surface area contributed by atoms with E-state index < -0.39 is 5.60 Å². The maximum Gasteiger partial charge on any atom is 0.359 e. The Morgan fingerprint density at radius 1 is 1.47 bits per heavy atom. The number of nitrogens with one attached hydrogen (secondary N) is 1. The summed E-state index contributed by atoms with van der Waals surface area (Å²) in [7, 11) is 0. The lowest BCUT2D eigenvalue weighted by Gasteiger charge is -2.18. The van der Waals surface area contributed by atoms with E-state index >= 15 is 0 Å². The minimum atomic E-state index is -0.496. The van der Waals surface area contributed by atoms with E-state index in [0.717, 1.165) is 24.4 Å². The molecule has 5 heteroatoms. The van der Waals surface area contributed by atoms with Gasteiger partial charge in [-0.05, 0) is 27.2 Å². The number of alkyl halides is 1. The zero-order chi connectivity index (χ0) is 13.1. The number of carbonyl (C=O) groups excluding carboxylic acids is 1. The number of hydrogen-bond donors (Lipinski definition) is 1. The lowest BCUT2D eigenvalue weighted by molar-refractivity contribution is 0.00624. The maximum atomic E-state index is 11.9. The lowest BCUT2D eigenvalue weighted by atomic mass is 10.2. The van der Waals surface area contributed by atoms with Gasteiger partial charge in [0.1, 0.15) is 11.4 Å². The molecule has 96 valence electrons. The number of aryl methyl sites for hydroxylation is 1. The van der Waals surface area contributed by atoms with Crippen molar-refractivity contribution >= 4 is 21.9 Å². The van der Waals surface area contributed by atoms with Gasteiger partial charge in [-0.2, -0.15) is 0 Å². The van der Waals surface area contributed by atoms with Gasteiger partial charge in [0.2, 0.25) is 0 Å². The highest BCUT2D eigenvalue weighted by molar-refractivity contribution is 9.08. The van der Waals surface area contributed by atoms with Gasteiger partial charge in [0.25, 0.3) is 0 Å². The minimum Gasteiger partial charge on any atom is -0.455 e. The SMILES string of the molecule is CCCc1nc(C(=O)OC(C)(C)C)c(CBr)[nH]1. The first-order chi connectivity index (χ1) is 7.87. The average molecular weight is 303 g/mol. The lowest BCUT2D eigenvalue weighted by Crippen LogP contribution is -2.24. The molecule has 1 rings (SSSR count). The second-order valence-corrected chi connectivity index (χ2v) is 5.46. The Bertz CT molecular complexity index is 394. The molecule has 0 aliphatic heterocycles. The van der Waals surface area contributed by atoms with Crippen LogP contribution in [0.5, 0.6) is 0 Å². The summed E-state index contributed by atoms with van der Waals surface area (Å²) in [6, 6.07) is 0. The fourth-order valence-electron chi connectivity index (χ4n) is 1.41. The van der Waals surface area contributed by atoms with Crippen molar-refractivity contribution in [1.82, 2.24) is 9.97 Å². The third-order valence-corrected chi connectivity index (χ3v) is 2.60. The highest BCUT2D eigenvalue weighted by Gasteiger charge is 2.23. The van der Waals surface area contributed by atoms with E-state index in [1.165, 1.54) is 0 Å². The molecule has 17 heavy (non-hydrogen) atoms. The van der Waals surface area contributed by atoms with Gasteiger partial charge < -0.3 is 9.72 Å². The Morgan fingerprint density at radius 3 is 2.59 bits per heavy atom. The molecular formula is C12H19BrN2O2. The highest BCUT2D eigenvalue weighted by Crippen LogP contribution is 2.16. The first-order valence-electron chi connectivity index (χ1n) is 5.74. The monoisotopic (exact) mass is 302 g/mol. The van der Waals surface area contributed by atoms with E-state index in [1.807, 2.05) is 20.8 Å². The minimum absolute atomic E-state index is 0.370. The number of carbonyl (C=O) groups is 1. The highest BCUT2D eigenvalue weighted by atomic mass is 79.9. The molecule has 1 aromatic heterocycles. The quantitative estimate of drug-likeness (QED) is 0.686. The summed E-state index contributed by atoms with van der Waals surface area (Å²) in [5, 5.41) is 0.568. The Kier molecular flexibility index (Phi) is 4.74. The van der Waals surface area contributed by atoms with E-state index in [0.29, 0.717) is 11.0 Å². The fourth-order valence-corrected chi connectivity index (χ4v) is 1.82. The summed E-state index contributed by atoms with van der Waals surface area (Å²) in [5.74, 6) is 0.466. The number of ether oxygens (including phenoxy) is 1. The van der Waals surface area contributed by atoms with Gasteiger partial charge in [0.15, 0.2) is 5.69 Å². The molecule has 0 spiro atoms. The van der Waals surface area contributed by atoms with Crippen molar-refractivity contribution in [1.29, 1.82) is 0 Å². The summed E-state index contributed by atoms with van der Waals surface area (Å²) >= 11 is 3.34. The van der Waals surface area contributed by atoms with E-state index in [4.69, 9.17) is 4.74 Å². The molecule has 0 aliphatic rings. The first-order valence-corrected chi connectivity index (χ1v) is 6.86. The molecule has 0 amide bonds. The van der Waals surface area contributed by atoms with Crippen molar-refractivity contribution in [3.63, 3.8) is 0 Å². The largest absolute Gasteiger partial charge is 0.455 e. The van der Waals surface area contributed by atoms with Gasteiger partial charge >= 0.3 is 5.97 Å². The van der Waals surface area contributed by atoms with Crippen LogP contribution >= 0.6 is 15.9 Å². The van der Waals surface area contributed by atoms with E-state index in [2.05, 4.69) is 32.8 Å². The van der Waals surface area contributed by atoms with E-state index in [1.54, 1.807) is 0 Å². The molecule has 0 unspecified atom stereocenters. The van der Waals surface area contributed by atoms with Gasteiger partial charge in [-0.25, -0.2) is 9.78 Å². The molecule has 0 bridgehead atoms. The standard InChI is InChI=1S/C12H19BrN2O2/c1-5-6-9-14-8(7-13)10(15-9)11(16)17-12(2,3)4/h5-7H2,1-4H3,(H,14,15). The smallest absolute Gasteiger partial charge is 0.359 e. The molecule has 1 aromatic rings. The molecule has 0 fully saturated rings. The third kappa shape index (κ3) is 4.15. The van der Waals surface area contributed by atoms with Crippen LogP contribution in [0.2, 0.25) is 0 Å². The van der Waals surface area contributed by atoms with Gasteiger partial charge in [-0.3, -0.25) is 0 Å². The number of esters is 1. The summed E-state index contributed by atoms with van der Waals surface area (Å²) in [5.41, 5.74) is 0.674. The number of hydrogen-bond acceptors (Lipinski definition) is 3. The summed E-state index contributed by atoms with van der Waals surface area (Å²) in [4.78, 5) is 19.4. The molecule has 0 atom stereocenters. The van der Waals surface area contributed by atoms with Crippen LogP contribution < -0.4 is 0 Å². The molecule has 0 saturated carbocycles. The van der Waals surface area contributed by atoms with Crippen LogP contribution in [0.3, 0.4) is 0 Å². The van der Waals surface area contributed by atoms with Crippen molar-refractivity contribution in [3.05, 3.63) is 17.2 Å². The first kappa shape index (κ1) is 14.2. The van der Waals surface area contributed by atoms with E-state index in [9.17, 15) is 4.79 Å². The van der Waals surface area contributed by atoms with Crippen LogP contribution in [0.4, 0.5) is 0 Å². The molecule has 4 nitrogen and oxygen atoms in total. The number of rotatable bonds is 4. The summed E-state index contributed by atoms with van der Waals surface area (Å²) in [6.45, 7) is 7.61. The van der Waals surface area contributed by atoms with Gasteiger partial charge in [0.05, 0.1) is 5.69 Å². The topological polar surface area (TPSA) is 55.0 Å². The maximum absolute atomic E-state index is 11.9. The van der Waals surface area contributed by atoms with Crippen molar-refractivity contribution < 1.29 is 9.53 Å². The predicted molar refractivity (Wildman–Crippen MR) is 70.4 cm³/mol. The van der Waals surface area contributed by atoms with Crippen LogP contribution in [-0.2, 0) is 16.5 Å². The van der Waals surface area contributed by atoms with Crippen molar-refractivity contribution in [2.45, 2.75) is 51.5 Å². The van der Waals surface area contributed by atoms with Crippen LogP contribution in [0.15, 0.2) is 0 Å². The van der Waals surface area contributed by atoms with Crippen molar-refractivity contribution in [2.24, 2.45) is 0 Å². The Labute approximate surface area is 110 Å². The Morgan fingerprint density at radius 2 is 2.12 bits per heavy atom. The van der Waals surface area contributed by atoms with Crippen LogP contribution in [0.25, 0.3) is 0 Å². The number of nitrogens with zero attached hydrogens (tertiary/aromatic N) is 1. The zero-order valence-electron chi connectivity index (χ0n) is 10.8. The number of imidazole rings is 1. The normalized spacial score (nSPS) is 11.6. The fraction of sp³-hybridized carbons (Fsp3) is 0.667.